The molecule has 0 unspecified atom stereocenters. The van der Waals surface area contributed by atoms with Gasteiger partial charge in [-0.1, -0.05) is 0 Å². The lowest BCUT2D eigenvalue weighted by Crippen LogP contribution is -2.18. The van der Waals surface area contributed by atoms with Crippen LogP contribution in [-0.2, 0) is 19.1 Å². The molecule has 0 radical (unpaired) electrons. The van der Waals surface area contributed by atoms with Crippen molar-refractivity contribution in [1.82, 2.24) is 0 Å². The van der Waals surface area contributed by atoms with Crippen LogP contribution in [0.4, 0.5) is 0 Å². The molecule has 1 fully saturated rings. The molecule has 1 aliphatic rings. The number of hydrogen-bond donors (Lipinski definition) is 0. The molecule has 1 aliphatic heterocycles. The molecule has 4 nitrogen and oxygen atoms in total. The van der Waals surface area contributed by atoms with E-state index in [1.807, 2.05) is 0 Å². The second-order valence-electron chi connectivity index (χ2n) is 1.94. The molecule has 1 heterocycles. The first kappa shape index (κ1) is 7.05. The maximum atomic E-state index is 10.6. The fraction of sp³-hybridized carbons (Fsp3) is 0.667. The first-order valence-corrected chi connectivity index (χ1v) is 3.10. The van der Waals surface area contributed by atoms with Gasteiger partial charge in [0.15, 0.2) is 0 Å². The van der Waals surface area contributed by atoms with E-state index in [9.17, 15) is 9.59 Å². The van der Waals surface area contributed by atoms with Gasteiger partial charge in [0.2, 0.25) is 0 Å². The number of hydrogen-bond acceptors (Lipinski definition) is 4. The number of carbonyl (C=O) groups excluding carboxylic acids is 2. The fourth-order valence-corrected chi connectivity index (χ4v) is 0.659. The van der Waals surface area contributed by atoms with Crippen molar-refractivity contribution in [2.24, 2.45) is 0 Å². The minimum absolute atomic E-state index is 0.138. The third-order valence-corrected chi connectivity index (χ3v) is 1.14. The SMILES string of the molecule is O=C1CCC(=O)OCCO1. The molecule has 0 N–H and O–H groups in total. The molecule has 0 spiro atoms. The monoisotopic (exact) mass is 144 g/mol. The molecule has 10 heavy (non-hydrogen) atoms. The van der Waals surface area contributed by atoms with Crippen molar-refractivity contribution in [2.45, 2.75) is 12.8 Å². The molecular weight excluding hydrogens is 136 g/mol. The largest absolute Gasteiger partial charge is 0.462 e. The van der Waals surface area contributed by atoms with Crippen molar-refractivity contribution in [3.05, 3.63) is 0 Å². The summed E-state index contributed by atoms with van der Waals surface area (Å²) in [7, 11) is 0. The summed E-state index contributed by atoms with van der Waals surface area (Å²) >= 11 is 0. The quantitative estimate of drug-likeness (QED) is 0.444. The molecule has 0 atom stereocenters. The van der Waals surface area contributed by atoms with E-state index in [2.05, 4.69) is 9.47 Å². The van der Waals surface area contributed by atoms with Gasteiger partial charge in [-0.2, -0.15) is 0 Å². The van der Waals surface area contributed by atoms with Crippen LogP contribution >= 0.6 is 0 Å². The van der Waals surface area contributed by atoms with E-state index < -0.39 is 0 Å². The number of esters is 2. The lowest BCUT2D eigenvalue weighted by atomic mass is 10.3. The van der Waals surface area contributed by atoms with E-state index in [1.165, 1.54) is 0 Å². The number of ether oxygens (including phenoxy) is 2. The van der Waals surface area contributed by atoms with Crippen LogP contribution in [0, 0.1) is 0 Å². The smallest absolute Gasteiger partial charge is 0.306 e. The Morgan fingerprint density at radius 2 is 1.30 bits per heavy atom. The first-order chi connectivity index (χ1) is 4.79. The van der Waals surface area contributed by atoms with Gasteiger partial charge in [-0.15, -0.1) is 0 Å². The molecule has 0 aromatic heterocycles. The highest BCUT2D eigenvalue weighted by molar-refractivity contribution is 5.78. The molecule has 0 bridgehead atoms. The first-order valence-electron chi connectivity index (χ1n) is 3.10. The number of cyclic esters (lactones) is 2. The number of rotatable bonds is 0. The molecule has 56 valence electrons. The Balaban J connectivity index is 2.36. The van der Waals surface area contributed by atoms with Crippen molar-refractivity contribution in [1.29, 1.82) is 0 Å². The van der Waals surface area contributed by atoms with E-state index in [4.69, 9.17) is 0 Å². The average molecular weight is 144 g/mol. The Morgan fingerprint density at radius 1 is 0.900 bits per heavy atom. The van der Waals surface area contributed by atoms with Crippen LogP contribution < -0.4 is 0 Å². The highest BCUT2D eigenvalue weighted by Crippen LogP contribution is 1.99. The second-order valence-corrected chi connectivity index (χ2v) is 1.94. The average Bonchev–Trinajstić information content (AvgIpc) is 1.90. The minimum Gasteiger partial charge on any atom is -0.462 e. The molecular formula is C6H8O4. The summed E-state index contributed by atoms with van der Waals surface area (Å²) in [5.41, 5.74) is 0. The zero-order chi connectivity index (χ0) is 7.40. The zero-order valence-electron chi connectivity index (χ0n) is 5.46. The van der Waals surface area contributed by atoms with E-state index in [0.717, 1.165) is 0 Å². The Bertz CT molecular complexity index is 134. The highest BCUT2D eigenvalue weighted by Gasteiger charge is 2.12. The van der Waals surface area contributed by atoms with Gasteiger partial charge in [0.1, 0.15) is 13.2 Å². The Labute approximate surface area is 58.1 Å². The maximum Gasteiger partial charge on any atom is 0.306 e. The van der Waals surface area contributed by atoms with Crippen molar-refractivity contribution in [3.8, 4) is 0 Å². The van der Waals surface area contributed by atoms with Crippen LogP contribution in [-0.4, -0.2) is 25.2 Å². The van der Waals surface area contributed by atoms with Crippen LogP contribution in [0.5, 0.6) is 0 Å². The summed E-state index contributed by atoms with van der Waals surface area (Å²) in [5, 5.41) is 0. The van der Waals surface area contributed by atoms with E-state index in [-0.39, 0.29) is 38.0 Å². The Morgan fingerprint density at radius 3 is 1.70 bits per heavy atom. The predicted molar refractivity (Wildman–Crippen MR) is 31.2 cm³/mol. The molecule has 1 saturated heterocycles. The van der Waals surface area contributed by atoms with Crippen molar-refractivity contribution in [3.63, 3.8) is 0 Å². The molecule has 0 amide bonds. The molecule has 0 aromatic rings. The zero-order valence-corrected chi connectivity index (χ0v) is 5.46. The molecule has 4 heteroatoms. The summed E-state index contributed by atoms with van der Waals surface area (Å²) in [6.07, 6.45) is 0.275. The number of carbonyl (C=O) groups is 2. The van der Waals surface area contributed by atoms with Crippen LogP contribution in [0.15, 0.2) is 0 Å². The van der Waals surface area contributed by atoms with E-state index >= 15 is 0 Å². The summed E-state index contributed by atoms with van der Waals surface area (Å²) in [6.45, 7) is 0.370. The van der Waals surface area contributed by atoms with Crippen LogP contribution in [0.25, 0.3) is 0 Å². The van der Waals surface area contributed by atoms with Crippen molar-refractivity contribution >= 4 is 11.9 Å². The summed E-state index contributed by atoms with van der Waals surface area (Å²) in [4.78, 5) is 21.1. The molecule has 0 saturated carbocycles. The minimum atomic E-state index is -0.323. The van der Waals surface area contributed by atoms with E-state index in [0.29, 0.717) is 0 Å². The summed E-state index contributed by atoms with van der Waals surface area (Å²) < 4.78 is 9.23. The van der Waals surface area contributed by atoms with Crippen molar-refractivity contribution in [2.75, 3.05) is 13.2 Å². The predicted octanol–water partition coefficient (Wildman–Crippen LogP) is -0.133. The van der Waals surface area contributed by atoms with Gasteiger partial charge < -0.3 is 9.47 Å². The van der Waals surface area contributed by atoms with Crippen molar-refractivity contribution < 1.29 is 19.1 Å². The van der Waals surface area contributed by atoms with Gasteiger partial charge >= 0.3 is 11.9 Å². The topological polar surface area (TPSA) is 52.6 Å². The van der Waals surface area contributed by atoms with Gasteiger partial charge in [-0.05, 0) is 0 Å². The fourth-order valence-electron chi connectivity index (χ4n) is 0.659. The van der Waals surface area contributed by atoms with Crippen LogP contribution in [0.2, 0.25) is 0 Å². The maximum absolute atomic E-state index is 10.6. The molecule has 0 aromatic carbocycles. The third kappa shape index (κ3) is 2.05. The van der Waals surface area contributed by atoms with Crippen LogP contribution in [0.1, 0.15) is 12.8 Å². The van der Waals surface area contributed by atoms with Gasteiger partial charge in [-0.25, -0.2) is 0 Å². The van der Waals surface area contributed by atoms with Gasteiger partial charge in [0.05, 0.1) is 12.8 Å². The second kappa shape index (κ2) is 3.20. The van der Waals surface area contributed by atoms with Gasteiger partial charge in [-0.3, -0.25) is 9.59 Å². The molecule has 0 aliphatic carbocycles. The molecule has 1 rings (SSSR count). The lowest BCUT2D eigenvalue weighted by Gasteiger charge is -2.09. The Kier molecular flexibility index (Phi) is 2.25. The van der Waals surface area contributed by atoms with Crippen LogP contribution in [0.3, 0.4) is 0 Å². The van der Waals surface area contributed by atoms with Gasteiger partial charge in [0, 0.05) is 0 Å². The normalized spacial score (nSPS) is 20.4. The third-order valence-electron chi connectivity index (χ3n) is 1.14. The summed E-state index contributed by atoms with van der Waals surface area (Å²) in [5.74, 6) is -0.645. The Hall–Kier alpha value is -1.06. The van der Waals surface area contributed by atoms with Gasteiger partial charge in [0.25, 0.3) is 0 Å². The standard InChI is InChI=1S/C6H8O4/c7-5-1-2-6(8)10-4-3-9-5/h1-4H2. The lowest BCUT2D eigenvalue weighted by molar-refractivity contribution is -0.158. The van der Waals surface area contributed by atoms with E-state index in [1.54, 1.807) is 0 Å². The highest BCUT2D eigenvalue weighted by atomic mass is 16.6. The summed E-state index contributed by atoms with van der Waals surface area (Å²) in [6, 6.07) is 0.